The Morgan fingerprint density at radius 3 is 2.55 bits per heavy atom. The Morgan fingerprint density at radius 2 is 1.84 bits per heavy atom. The molecule has 0 aliphatic carbocycles. The SMILES string of the molecule is CCCOc1cccc(C2c3c(-c4c(C)cc(C)cc4O)n[nH]c3C(=O)N2CCc2ccc(OC)cc2)c1. The van der Waals surface area contributed by atoms with E-state index in [2.05, 4.69) is 17.1 Å². The topological polar surface area (TPSA) is 87.7 Å². The molecule has 2 N–H and O–H groups in total. The van der Waals surface area contributed by atoms with Gasteiger partial charge in [-0.25, -0.2) is 0 Å². The largest absolute Gasteiger partial charge is 0.507 e. The smallest absolute Gasteiger partial charge is 0.273 e. The second-order valence-electron chi connectivity index (χ2n) is 9.76. The minimum absolute atomic E-state index is 0.110. The number of phenols is 1. The molecule has 0 radical (unpaired) electrons. The number of ether oxygens (including phenoxy) is 2. The first-order valence-corrected chi connectivity index (χ1v) is 13.0. The van der Waals surface area contributed by atoms with Crippen LogP contribution in [0.3, 0.4) is 0 Å². The van der Waals surface area contributed by atoms with Crippen molar-refractivity contribution in [3.05, 3.63) is 94.2 Å². The lowest BCUT2D eigenvalue weighted by Crippen LogP contribution is -2.31. The van der Waals surface area contributed by atoms with Crippen LogP contribution in [0.2, 0.25) is 0 Å². The molecule has 1 aliphatic heterocycles. The number of hydrogen-bond donors (Lipinski definition) is 2. The van der Waals surface area contributed by atoms with Gasteiger partial charge in [0.2, 0.25) is 0 Å². The second kappa shape index (κ2) is 10.6. The van der Waals surface area contributed by atoms with Crippen LogP contribution < -0.4 is 9.47 Å². The van der Waals surface area contributed by atoms with Crippen molar-refractivity contribution in [2.75, 3.05) is 20.3 Å². The highest BCUT2D eigenvalue weighted by atomic mass is 16.5. The highest BCUT2D eigenvalue weighted by Crippen LogP contribution is 2.46. The number of carbonyl (C=O) groups is 1. The van der Waals surface area contributed by atoms with Crippen molar-refractivity contribution in [3.8, 4) is 28.5 Å². The number of phenolic OH excluding ortho intramolecular Hbond substituents is 1. The molecule has 0 fully saturated rings. The van der Waals surface area contributed by atoms with Crippen LogP contribution in [0.15, 0.2) is 60.7 Å². The predicted molar refractivity (Wildman–Crippen MR) is 147 cm³/mol. The average molecular weight is 512 g/mol. The van der Waals surface area contributed by atoms with E-state index >= 15 is 0 Å². The van der Waals surface area contributed by atoms with Crippen LogP contribution in [-0.4, -0.2) is 46.4 Å². The summed E-state index contributed by atoms with van der Waals surface area (Å²) in [5.41, 5.74) is 6.39. The molecule has 0 spiro atoms. The Morgan fingerprint density at radius 1 is 1.05 bits per heavy atom. The van der Waals surface area contributed by atoms with Crippen LogP contribution >= 0.6 is 0 Å². The van der Waals surface area contributed by atoms with E-state index < -0.39 is 0 Å². The maximum atomic E-state index is 13.8. The molecule has 1 aliphatic rings. The number of aromatic hydroxyl groups is 1. The molecule has 5 rings (SSSR count). The van der Waals surface area contributed by atoms with Crippen LogP contribution in [0, 0.1) is 13.8 Å². The Kier molecular flexibility index (Phi) is 7.09. The van der Waals surface area contributed by atoms with E-state index in [1.807, 2.05) is 73.3 Å². The van der Waals surface area contributed by atoms with Crippen molar-refractivity contribution in [2.45, 2.75) is 39.7 Å². The molecule has 1 aromatic heterocycles. The van der Waals surface area contributed by atoms with Gasteiger partial charge in [0.05, 0.1) is 19.8 Å². The number of amides is 1. The molecule has 1 unspecified atom stereocenters. The fraction of sp³-hybridized carbons (Fsp3) is 0.290. The van der Waals surface area contributed by atoms with E-state index in [9.17, 15) is 9.90 Å². The summed E-state index contributed by atoms with van der Waals surface area (Å²) in [5.74, 6) is 1.60. The van der Waals surface area contributed by atoms with Gasteiger partial charge in [-0.1, -0.05) is 37.3 Å². The van der Waals surface area contributed by atoms with E-state index in [-0.39, 0.29) is 17.7 Å². The van der Waals surface area contributed by atoms with E-state index in [4.69, 9.17) is 9.47 Å². The minimum Gasteiger partial charge on any atom is -0.507 e. The Labute approximate surface area is 223 Å². The molecule has 1 atom stereocenters. The van der Waals surface area contributed by atoms with Gasteiger partial charge >= 0.3 is 0 Å². The Balaban J connectivity index is 1.58. The van der Waals surface area contributed by atoms with Gasteiger partial charge < -0.3 is 19.5 Å². The van der Waals surface area contributed by atoms with Crippen LogP contribution in [0.25, 0.3) is 11.3 Å². The van der Waals surface area contributed by atoms with Crippen LogP contribution in [0.4, 0.5) is 0 Å². The van der Waals surface area contributed by atoms with Crippen molar-refractivity contribution in [1.82, 2.24) is 15.1 Å². The second-order valence-corrected chi connectivity index (χ2v) is 9.76. The quantitative estimate of drug-likeness (QED) is 0.288. The fourth-order valence-corrected chi connectivity index (χ4v) is 5.25. The first-order chi connectivity index (χ1) is 18.4. The van der Waals surface area contributed by atoms with Gasteiger partial charge in [-0.05, 0) is 79.3 Å². The molecule has 38 heavy (non-hydrogen) atoms. The predicted octanol–water partition coefficient (Wildman–Crippen LogP) is 5.98. The third-order valence-corrected chi connectivity index (χ3v) is 7.01. The van der Waals surface area contributed by atoms with Crippen LogP contribution in [0.5, 0.6) is 17.2 Å². The molecular weight excluding hydrogens is 478 g/mol. The Bertz CT molecular complexity index is 1440. The summed E-state index contributed by atoms with van der Waals surface area (Å²) >= 11 is 0. The summed E-state index contributed by atoms with van der Waals surface area (Å²) in [6.45, 7) is 7.10. The highest BCUT2D eigenvalue weighted by molar-refractivity contribution is 6.00. The first-order valence-electron chi connectivity index (χ1n) is 13.0. The van der Waals surface area contributed by atoms with Crippen LogP contribution in [0.1, 0.15) is 57.7 Å². The zero-order valence-corrected chi connectivity index (χ0v) is 22.2. The Hall–Kier alpha value is -4.26. The van der Waals surface area contributed by atoms with Crippen molar-refractivity contribution in [2.24, 2.45) is 0 Å². The maximum absolute atomic E-state index is 13.8. The van der Waals surface area contributed by atoms with Crippen molar-refractivity contribution >= 4 is 5.91 Å². The van der Waals surface area contributed by atoms with Gasteiger partial charge in [0.25, 0.3) is 5.91 Å². The summed E-state index contributed by atoms with van der Waals surface area (Å²) in [6.07, 6.45) is 1.59. The molecule has 4 aromatic rings. The highest BCUT2D eigenvalue weighted by Gasteiger charge is 2.42. The van der Waals surface area contributed by atoms with Crippen molar-refractivity contribution in [3.63, 3.8) is 0 Å². The van der Waals surface area contributed by atoms with E-state index in [1.165, 1.54) is 0 Å². The molecule has 1 amide bonds. The number of methoxy groups -OCH3 is 1. The summed E-state index contributed by atoms with van der Waals surface area (Å²) < 4.78 is 11.2. The van der Waals surface area contributed by atoms with E-state index in [1.54, 1.807) is 13.2 Å². The third-order valence-electron chi connectivity index (χ3n) is 7.01. The van der Waals surface area contributed by atoms with Crippen LogP contribution in [-0.2, 0) is 6.42 Å². The molecule has 196 valence electrons. The molecular formula is C31H33N3O4. The molecule has 0 saturated heterocycles. The summed E-state index contributed by atoms with van der Waals surface area (Å²) in [5, 5.41) is 18.5. The monoisotopic (exact) mass is 511 g/mol. The lowest BCUT2D eigenvalue weighted by atomic mass is 9.93. The number of carbonyl (C=O) groups excluding carboxylic acids is 1. The lowest BCUT2D eigenvalue weighted by molar-refractivity contribution is 0.0745. The number of rotatable bonds is 9. The number of aromatic nitrogens is 2. The fourth-order valence-electron chi connectivity index (χ4n) is 5.25. The van der Waals surface area contributed by atoms with Crippen molar-refractivity contribution < 1.29 is 19.4 Å². The van der Waals surface area contributed by atoms with E-state index in [0.29, 0.717) is 36.5 Å². The third kappa shape index (κ3) is 4.72. The van der Waals surface area contributed by atoms with Gasteiger partial charge in [-0.15, -0.1) is 0 Å². The standard InChI is InChI=1S/C31H33N3O4/c1-5-15-38-24-8-6-7-22(18-24)30-27-28(26-20(3)16-19(2)17-25(26)35)32-33-29(27)31(36)34(30)14-13-21-9-11-23(37-4)12-10-21/h6-12,16-18,30,35H,5,13-15H2,1-4H3,(H,32,33). The number of benzene rings is 3. The zero-order valence-electron chi connectivity index (χ0n) is 22.2. The summed E-state index contributed by atoms with van der Waals surface area (Å²) in [4.78, 5) is 15.7. The molecule has 7 heteroatoms. The summed E-state index contributed by atoms with van der Waals surface area (Å²) in [7, 11) is 1.65. The van der Waals surface area contributed by atoms with Crippen molar-refractivity contribution in [1.29, 1.82) is 0 Å². The van der Waals surface area contributed by atoms with Gasteiger partial charge in [0.1, 0.15) is 28.6 Å². The van der Waals surface area contributed by atoms with Gasteiger partial charge in [0.15, 0.2) is 0 Å². The number of aromatic amines is 1. The number of H-pyrrole nitrogens is 1. The molecule has 3 aromatic carbocycles. The molecule has 0 saturated carbocycles. The maximum Gasteiger partial charge on any atom is 0.273 e. The normalized spacial score (nSPS) is 14.6. The molecule has 0 bridgehead atoms. The van der Waals surface area contributed by atoms with Gasteiger partial charge in [-0.2, -0.15) is 5.10 Å². The molecule has 7 nitrogen and oxygen atoms in total. The average Bonchev–Trinajstić information content (AvgIpc) is 3.44. The summed E-state index contributed by atoms with van der Waals surface area (Å²) in [6, 6.07) is 19.2. The van der Waals surface area contributed by atoms with E-state index in [0.717, 1.165) is 45.7 Å². The number of nitrogens with zero attached hydrogens (tertiary/aromatic N) is 2. The number of hydrogen-bond acceptors (Lipinski definition) is 5. The number of fused-ring (bicyclic) bond motifs is 1. The number of aryl methyl sites for hydroxylation is 2. The van der Waals surface area contributed by atoms with Gasteiger partial charge in [0, 0.05) is 17.7 Å². The molecule has 2 heterocycles. The first kappa shape index (κ1) is 25.4. The minimum atomic E-state index is -0.380. The number of nitrogens with one attached hydrogen (secondary N) is 1. The van der Waals surface area contributed by atoms with Gasteiger partial charge in [-0.3, -0.25) is 9.89 Å². The lowest BCUT2D eigenvalue weighted by Gasteiger charge is -2.27. The zero-order chi connectivity index (χ0) is 26.8.